The molecule has 2 aliphatic rings. The summed E-state index contributed by atoms with van der Waals surface area (Å²) in [7, 11) is 0. The fraction of sp³-hybridized carbons (Fsp3) is 0.278. The molecule has 0 spiro atoms. The van der Waals surface area contributed by atoms with Crippen molar-refractivity contribution in [1.29, 1.82) is 0 Å². The first kappa shape index (κ1) is 16.4. The number of carbonyl (C=O) groups excluding carboxylic acids is 1. The van der Waals surface area contributed by atoms with Crippen LogP contribution in [0.4, 0.5) is 5.69 Å². The summed E-state index contributed by atoms with van der Waals surface area (Å²) in [5.41, 5.74) is 12.3. The summed E-state index contributed by atoms with van der Waals surface area (Å²) < 4.78 is 0. The lowest BCUT2D eigenvalue weighted by Gasteiger charge is -2.32. The van der Waals surface area contributed by atoms with Crippen LogP contribution in [0, 0.1) is 0 Å². The van der Waals surface area contributed by atoms with Gasteiger partial charge in [-0.1, -0.05) is 41.9 Å². The lowest BCUT2D eigenvalue weighted by Crippen LogP contribution is -2.52. The first-order chi connectivity index (χ1) is 12.2. The molecule has 2 unspecified atom stereocenters. The van der Waals surface area contributed by atoms with Crippen molar-refractivity contribution in [3.8, 4) is 0 Å². The van der Waals surface area contributed by atoms with E-state index in [9.17, 15) is 4.79 Å². The Morgan fingerprint density at radius 1 is 1.12 bits per heavy atom. The van der Waals surface area contributed by atoms with Gasteiger partial charge in [0.25, 0.3) is 0 Å². The Morgan fingerprint density at radius 2 is 1.96 bits per heavy atom. The molecule has 1 amide bonds. The molecule has 2 heterocycles. The van der Waals surface area contributed by atoms with Crippen molar-refractivity contribution >= 4 is 23.2 Å². The number of hydrazine groups is 2. The number of amides is 1. The molecule has 6 nitrogen and oxygen atoms in total. The molecule has 0 saturated carbocycles. The summed E-state index contributed by atoms with van der Waals surface area (Å²) >= 11 is 6.03. The third kappa shape index (κ3) is 3.48. The van der Waals surface area contributed by atoms with Crippen molar-refractivity contribution in [1.82, 2.24) is 21.3 Å². The number of hydrogen-bond acceptors (Lipinski definition) is 5. The predicted molar refractivity (Wildman–Crippen MR) is 97.6 cm³/mol. The van der Waals surface area contributed by atoms with Crippen LogP contribution >= 0.6 is 11.6 Å². The highest BCUT2D eigenvalue weighted by molar-refractivity contribution is 6.30. The molecule has 2 aliphatic heterocycles. The average molecular weight is 358 g/mol. The molecule has 0 aromatic heterocycles. The molecule has 2 aromatic carbocycles. The molecular formula is C18H20ClN5O. The summed E-state index contributed by atoms with van der Waals surface area (Å²) in [6, 6.07) is 15.3. The fourth-order valence-electron chi connectivity index (χ4n) is 3.33. The van der Waals surface area contributed by atoms with E-state index < -0.39 is 6.04 Å². The van der Waals surface area contributed by atoms with E-state index in [0.29, 0.717) is 11.6 Å². The monoisotopic (exact) mass is 357 g/mol. The molecule has 130 valence electrons. The Kier molecular flexibility index (Phi) is 4.59. The van der Waals surface area contributed by atoms with Gasteiger partial charge in [-0.15, -0.1) is 0 Å². The smallest absolute Gasteiger partial charge is 0.245 e. The van der Waals surface area contributed by atoms with Crippen LogP contribution in [-0.4, -0.2) is 29.6 Å². The van der Waals surface area contributed by atoms with Crippen LogP contribution in [0.25, 0.3) is 0 Å². The molecule has 0 radical (unpaired) electrons. The first-order valence-electron chi connectivity index (χ1n) is 8.34. The Hall–Kier alpha value is -2.12. The quantitative estimate of drug-likeness (QED) is 0.672. The van der Waals surface area contributed by atoms with E-state index in [4.69, 9.17) is 11.6 Å². The maximum atomic E-state index is 13.0. The molecule has 2 aromatic rings. The van der Waals surface area contributed by atoms with Crippen molar-refractivity contribution < 1.29 is 4.79 Å². The van der Waals surface area contributed by atoms with Gasteiger partial charge in [0.15, 0.2) is 0 Å². The zero-order valence-electron chi connectivity index (χ0n) is 13.6. The Labute approximate surface area is 151 Å². The number of fused-ring (bicyclic) bond motifs is 1. The van der Waals surface area contributed by atoms with E-state index in [1.165, 1.54) is 11.1 Å². The van der Waals surface area contributed by atoms with Crippen molar-refractivity contribution in [2.75, 3.05) is 11.9 Å². The van der Waals surface area contributed by atoms with Crippen LogP contribution < -0.4 is 21.7 Å². The molecular weight excluding hydrogens is 338 g/mol. The second kappa shape index (κ2) is 7.01. The lowest BCUT2D eigenvalue weighted by molar-refractivity contribution is -0.134. The minimum atomic E-state index is -0.413. The van der Waals surface area contributed by atoms with Crippen LogP contribution in [0.3, 0.4) is 0 Å². The number of anilines is 1. The van der Waals surface area contributed by atoms with Crippen molar-refractivity contribution in [2.45, 2.75) is 25.2 Å². The highest BCUT2D eigenvalue weighted by atomic mass is 35.5. The Bertz CT molecular complexity index is 784. The number of carbonyl (C=O) groups is 1. The fourth-order valence-corrected chi connectivity index (χ4v) is 3.52. The van der Waals surface area contributed by atoms with E-state index in [-0.39, 0.29) is 12.1 Å². The third-order valence-corrected chi connectivity index (χ3v) is 4.88. The molecule has 4 rings (SSSR count). The van der Waals surface area contributed by atoms with Gasteiger partial charge in [0.1, 0.15) is 12.2 Å². The van der Waals surface area contributed by atoms with E-state index in [0.717, 1.165) is 18.7 Å². The highest BCUT2D eigenvalue weighted by Crippen LogP contribution is 2.21. The summed E-state index contributed by atoms with van der Waals surface area (Å²) in [5.74, 6) is 0.0616. The standard InChI is InChI=1S/C18H20ClN5O/c19-14-6-3-7-15(10-14)20-17-16(21-23-22-17)18(25)24-9-8-12-4-1-2-5-13(12)11-24/h1-7,10,16-17,20-23H,8-9,11H2. The zero-order valence-corrected chi connectivity index (χ0v) is 14.4. The number of rotatable bonds is 3. The second-order valence-electron chi connectivity index (χ2n) is 6.30. The van der Waals surface area contributed by atoms with E-state index in [1.807, 2.05) is 41.3 Å². The third-order valence-electron chi connectivity index (χ3n) is 4.64. The number of hydrogen-bond donors (Lipinski definition) is 4. The summed E-state index contributed by atoms with van der Waals surface area (Å²) in [6.07, 6.45) is 0.616. The SMILES string of the molecule is O=C(C1NNNC1Nc1cccc(Cl)c1)N1CCc2ccccc2C1. The minimum absolute atomic E-state index is 0.0616. The van der Waals surface area contributed by atoms with Gasteiger partial charge in [-0.25, -0.2) is 10.9 Å². The first-order valence-corrected chi connectivity index (χ1v) is 8.72. The summed E-state index contributed by atoms with van der Waals surface area (Å²) in [4.78, 5) is 14.9. The molecule has 4 N–H and O–H groups in total. The zero-order chi connectivity index (χ0) is 17.2. The van der Waals surface area contributed by atoms with Gasteiger partial charge in [-0.05, 0) is 35.7 Å². The molecule has 1 fully saturated rings. The maximum absolute atomic E-state index is 13.0. The maximum Gasteiger partial charge on any atom is 0.245 e. The van der Waals surface area contributed by atoms with Gasteiger partial charge in [-0.3, -0.25) is 4.79 Å². The van der Waals surface area contributed by atoms with Crippen LogP contribution in [0.2, 0.25) is 5.02 Å². The van der Waals surface area contributed by atoms with Gasteiger partial charge in [-0.2, -0.15) is 5.53 Å². The highest BCUT2D eigenvalue weighted by Gasteiger charge is 2.36. The van der Waals surface area contributed by atoms with Gasteiger partial charge in [0.05, 0.1) is 0 Å². The Morgan fingerprint density at radius 3 is 2.80 bits per heavy atom. The molecule has 0 aliphatic carbocycles. The van der Waals surface area contributed by atoms with Crippen LogP contribution in [0.1, 0.15) is 11.1 Å². The molecule has 1 saturated heterocycles. The van der Waals surface area contributed by atoms with Crippen molar-refractivity contribution in [3.63, 3.8) is 0 Å². The topological polar surface area (TPSA) is 68.4 Å². The lowest BCUT2D eigenvalue weighted by atomic mass is 9.99. The second-order valence-corrected chi connectivity index (χ2v) is 6.74. The normalized spacial score (nSPS) is 22.5. The largest absolute Gasteiger partial charge is 0.367 e. The Balaban J connectivity index is 1.46. The van der Waals surface area contributed by atoms with Crippen LogP contribution in [-0.2, 0) is 17.8 Å². The van der Waals surface area contributed by atoms with Gasteiger partial charge >= 0.3 is 0 Å². The van der Waals surface area contributed by atoms with E-state index in [1.54, 1.807) is 0 Å². The van der Waals surface area contributed by atoms with Gasteiger partial charge in [0, 0.05) is 23.8 Å². The van der Waals surface area contributed by atoms with E-state index >= 15 is 0 Å². The average Bonchev–Trinajstić information content (AvgIpc) is 3.09. The van der Waals surface area contributed by atoms with Gasteiger partial charge in [0.2, 0.25) is 5.91 Å². The number of nitrogens with zero attached hydrogens (tertiary/aromatic N) is 1. The van der Waals surface area contributed by atoms with E-state index in [2.05, 4.69) is 33.8 Å². The van der Waals surface area contributed by atoms with Crippen molar-refractivity contribution in [3.05, 3.63) is 64.7 Å². The van der Waals surface area contributed by atoms with Crippen molar-refractivity contribution in [2.24, 2.45) is 0 Å². The summed E-state index contributed by atoms with van der Waals surface area (Å²) in [5, 5.41) is 3.96. The molecule has 0 bridgehead atoms. The number of nitrogens with one attached hydrogen (secondary N) is 4. The minimum Gasteiger partial charge on any atom is -0.367 e. The van der Waals surface area contributed by atoms with Crippen LogP contribution in [0.5, 0.6) is 0 Å². The predicted octanol–water partition coefficient (Wildman–Crippen LogP) is 1.64. The van der Waals surface area contributed by atoms with Crippen LogP contribution in [0.15, 0.2) is 48.5 Å². The molecule has 7 heteroatoms. The van der Waals surface area contributed by atoms with Gasteiger partial charge < -0.3 is 10.2 Å². The molecule has 2 atom stereocenters. The molecule has 25 heavy (non-hydrogen) atoms. The summed E-state index contributed by atoms with van der Waals surface area (Å²) in [6.45, 7) is 1.38. The number of halogens is 1. The number of benzene rings is 2.